The standard InChI is InChI=1S/C27H27FN4O5S/c28-19-6-4-17(5-7-19)13-18-14-22-24(30-15-18)25(33)23(26(34)31-20-8-11-38(36,37)12-9-20)27(35)32(22)16-21-3-1-2-10-29-21/h1-7,10,14-15,20,33,36-37H,8-9,11-13,16H2,(H,31,34). The van der Waals surface area contributed by atoms with Crippen molar-refractivity contribution in [2.45, 2.75) is 31.8 Å². The van der Waals surface area contributed by atoms with Crippen LogP contribution >= 0.6 is 10.6 Å². The Morgan fingerprint density at radius 2 is 1.82 bits per heavy atom. The number of aromatic nitrogens is 3. The number of benzene rings is 1. The highest BCUT2D eigenvalue weighted by Gasteiger charge is 2.29. The lowest BCUT2D eigenvalue weighted by Crippen LogP contribution is -2.42. The molecule has 1 aromatic carbocycles. The fourth-order valence-electron chi connectivity index (χ4n) is 4.61. The molecule has 5 rings (SSSR count). The third-order valence-corrected chi connectivity index (χ3v) is 8.43. The van der Waals surface area contributed by atoms with Crippen molar-refractivity contribution >= 4 is 27.5 Å². The van der Waals surface area contributed by atoms with E-state index in [4.69, 9.17) is 0 Å². The number of aromatic hydroxyl groups is 1. The van der Waals surface area contributed by atoms with Crippen molar-refractivity contribution in [1.82, 2.24) is 19.9 Å². The minimum Gasteiger partial charge on any atom is -0.505 e. The van der Waals surface area contributed by atoms with Crippen molar-refractivity contribution in [3.8, 4) is 5.75 Å². The van der Waals surface area contributed by atoms with Crippen LogP contribution in [0.3, 0.4) is 0 Å². The Bertz CT molecular complexity index is 1530. The third kappa shape index (κ3) is 5.54. The van der Waals surface area contributed by atoms with Gasteiger partial charge in [-0.3, -0.25) is 33.2 Å². The fourth-order valence-corrected chi connectivity index (χ4v) is 6.14. The van der Waals surface area contributed by atoms with Crippen molar-refractivity contribution in [2.24, 2.45) is 0 Å². The van der Waals surface area contributed by atoms with Gasteiger partial charge in [0.15, 0.2) is 5.75 Å². The Morgan fingerprint density at radius 1 is 1.08 bits per heavy atom. The predicted octanol–water partition coefficient (Wildman–Crippen LogP) is 3.92. The molecule has 4 aromatic rings. The molecule has 0 saturated carbocycles. The number of halogens is 1. The summed E-state index contributed by atoms with van der Waals surface area (Å²) in [5.74, 6) is -1.27. The summed E-state index contributed by atoms with van der Waals surface area (Å²) in [5.41, 5.74) is 1.46. The van der Waals surface area contributed by atoms with E-state index in [2.05, 4.69) is 15.3 Å². The molecule has 38 heavy (non-hydrogen) atoms. The first kappa shape index (κ1) is 25.8. The largest absolute Gasteiger partial charge is 0.505 e. The molecular formula is C27H27FN4O5S. The molecule has 1 saturated heterocycles. The highest BCUT2D eigenvalue weighted by atomic mass is 32.3. The molecule has 0 atom stereocenters. The summed E-state index contributed by atoms with van der Waals surface area (Å²) in [4.78, 5) is 35.6. The number of pyridine rings is 3. The van der Waals surface area contributed by atoms with Gasteiger partial charge >= 0.3 is 0 Å². The van der Waals surface area contributed by atoms with E-state index in [1.807, 2.05) is 0 Å². The van der Waals surface area contributed by atoms with Gasteiger partial charge in [0.1, 0.15) is 16.9 Å². The highest BCUT2D eigenvalue weighted by molar-refractivity contribution is 8.24. The first-order chi connectivity index (χ1) is 18.2. The lowest BCUT2D eigenvalue weighted by Gasteiger charge is -2.39. The van der Waals surface area contributed by atoms with Crippen molar-refractivity contribution < 1.29 is 23.4 Å². The van der Waals surface area contributed by atoms with Crippen LogP contribution in [0.15, 0.2) is 65.7 Å². The predicted molar refractivity (Wildman–Crippen MR) is 143 cm³/mol. The zero-order valence-electron chi connectivity index (χ0n) is 20.4. The summed E-state index contributed by atoms with van der Waals surface area (Å²) in [6.45, 7) is 0.0444. The van der Waals surface area contributed by atoms with E-state index < -0.39 is 33.4 Å². The molecular weight excluding hydrogens is 511 g/mol. The van der Waals surface area contributed by atoms with Crippen molar-refractivity contribution in [2.75, 3.05) is 11.5 Å². The molecule has 0 radical (unpaired) electrons. The first-order valence-corrected chi connectivity index (χ1v) is 14.0. The van der Waals surface area contributed by atoms with Crippen LogP contribution in [0.2, 0.25) is 0 Å². The Morgan fingerprint density at radius 3 is 2.50 bits per heavy atom. The molecule has 3 aromatic heterocycles. The van der Waals surface area contributed by atoms with Gasteiger partial charge in [-0.25, -0.2) is 4.39 Å². The Kier molecular flexibility index (Phi) is 7.15. The van der Waals surface area contributed by atoms with E-state index in [0.29, 0.717) is 30.5 Å². The third-order valence-electron chi connectivity index (χ3n) is 6.65. The minimum absolute atomic E-state index is 0.0444. The fraction of sp³-hybridized carbons (Fsp3) is 0.259. The summed E-state index contributed by atoms with van der Waals surface area (Å²) in [5, 5.41) is 13.8. The van der Waals surface area contributed by atoms with Gasteiger partial charge in [-0.2, -0.15) is 10.6 Å². The molecule has 0 aliphatic carbocycles. The van der Waals surface area contributed by atoms with Crippen LogP contribution in [0.25, 0.3) is 11.0 Å². The molecule has 4 heterocycles. The maximum Gasteiger partial charge on any atom is 0.268 e. The van der Waals surface area contributed by atoms with Crippen molar-refractivity contribution in [3.05, 3.63) is 99.5 Å². The zero-order chi connectivity index (χ0) is 26.9. The van der Waals surface area contributed by atoms with E-state index >= 15 is 0 Å². The topological polar surface area (TPSA) is 138 Å². The Hall–Kier alpha value is -3.80. The highest BCUT2D eigenvalue weighted by Crippen LogP contribution is 2.43. The summed E-state index contributed by atoms with van der Waals surface area (Å²) < 4.78 is 34.4. The van der Waals surface area contributed by atoms with E-state index in [1.165, 1.54) is 16.7 Å². The average molecular weight is 539 g/mol. The summed E-state index contributed by atoms with van der Waals surface area (Å²) in [6.07, 6.45) is 4.28. The molecule has 1 aliphatic rings. The van der Waals surface area contributed by atoms with Crippen LogP contribution in [0.4, 0.5) is 4.39 Å². The smallest absolute Gasteiger partial charge is 0.268 e. The van der Waals surface area contributed by atoms with Gasteiger partial charge in [0.05, 0.1) is 17.8 Å². The van der Waals surface area contributed by atoms with Crippen molar-refractivity contribution in [1.29, 1.82) is 0 Å². The number of nitrogens with zero attached hydrogens (tertiary/aromatic N) is 3. The molecule has 9 nitrogen and oxygen atoms in total. The first-order valence-electron chi connectivity index (χ1n) is 12.1. The molecule has 0 bridgehead atoms. The quantitative estimate of drug-likeness (QED) is 0.292. The summed E-state index contributed by atoms with van der Waals surface area (Å²) in [6, 6.07) is 12.7. The maximum atomic E-state index is 13.7. The second-order valence-corrected chi connectivity index (χ2v) is 11.8. The van der Waals surface area contributed by atoms with Gasteiger partial charge < -0.3 is 10.4 Å². The molecule has 0 unspecified atom stereocenters. The molecule has 1 fully saturated rings. The molecule has 0 spiro atoms. The number of hydrogen-bond acceptors (Lipinski definition) is 7. The van der Waals surface area contributed by atoms with E-state index in [-0.39, 0.29) is 35.4 Å². The molecule has 1 aliphatic heterocycles. The normalized spacial score (nSPS) is 16.3. The summed E-state index contributed by atoms with van der Waals surface area (Å²) in [7, 11) is -2.63. The molecule has 4 N–H and O–H groups in total. The van der Waals surface area contributed by atoms with Crippen LogP contribution in [0.1, 0.15) is 40.0 Å². The number of carbonyl (C=O) groups excluding carboxylic acids is 1. The van der Waals surface area contributed by atoms with Crippen LogP contribution in [-0.4, -0.2) is 52.2 Å². The number of rotatable bonds is 6. The van der Waals surface area contributed by atoms with Crippen LogP contribution in [0, 0.1) is 5.82 Å². The van der Waals surface area contributed by atoms with Gasteiger partial charge in [0, 0.05) is 29.9 Å². The van der Waals surface area contributed by atoms with Gasteiger partial charge in [-0.15, -0.1) is 0 Å². The SMILES string of the molecule is O=C(NC1CCS(O)(O)CC1)c1c(O)c2ncc(Cc3ccc(F)cc3)cc2n(Cc2ccccn2)c1=O. The number of fused-ring (bicyclic) bond motifs is 1. The van der Waals surface area contributed by atoms with E-state index in [0.717, 1.165) is 11.1 Å². The molecule has 11 heteroatoms. The maximum absolute atomic E-state index is 13.7. The lowest BCUT2D eigenvalue weighted by atomic mass is 10.0. The molecule has 1 amide bonds. The number of hydrogen-bond donors (Lipinski definition) is 4. The van der Waals surface area contributed by atoms with Gasteiger partial charge in [0.2, 0.25) is 0 Å². The van der Waals surface area contributed by atoms with Gasteiger partial charge in [-0.05, 0) is 60.7 Å². The van der Waals surface area contributed by atoms with Crippen LogP contribution < -0.4 is 10.9 Å². The average Bonchev–Trinajstić information content (AvgIpc) is 2.90. The van der Waals surface area contributed by atoms with Crippen LogP contribution in [-0.2, 0) is 13.0 Å². The van der Waals surface area contributed by atoms with Crippen molar-refractivity contribution in [3.63, 3.8) is 0 Å². The van der Waals surface area contributed by atoms with E-state index in [1.54, 1.807) is 48.8 Å². The lowest BCUT2D eigenvalue weighted by molar-refractivity contribution is 0.0929. The van der Waals surface area contributed by atoms with Crippen LogP contribution in [0.5, 0.6) is 5.75 Å². The Balaban J connectivity index is 1.55. The second-order valence-electron chi connectivity index (χ2n) is 9.41. The summed E-state index contributed by atoms with van der Waals surface area (Å²) >= 11 is 0. The second kappa shape index (κ2) is 10.5. The van der Waals surface area contributed by atoms with Gasteiger partial charge in [0.25, 0.3) is 11.5 Å². The Labute approximate surface area is 219 Å². The number of nitrogens with one attached hydrogen (secondary N) is 1. The zero-order valence-corrected chi connectivity index (χ0v) is 21.2. The number of carbonyl (C=O) groups is 1. The minimum atomic E-state index is -2.63. The monoisotopic (exact) mass is 538 g/mol. The molecule has 198 valence electrons. The van der Waals surface area contributed by atoms with E-state index in [9.17, 15) is 28.2 Å². The van der Waals surface area contributed by atoms with Gasteiger partial charge in [-0.1, -0.05) is 18.2 Å². The number of amides is 1.